The summed E-state index contributed by atoms with van der Waals surface area (Å²) in [5, 5.41) is 0. The van der Waals surface area contributed by atoms with Crippen molar-refractivity contribution in [3.05, 3.63) is 27.2 Å². The molecule has 0 radical (unpaired) electrons. The normalized spacial score (nSPS) is 12.1. The molecule has 2 rings (SSSR count). The first kappa shape index (κ1) is 10.7. The van der Waals surface area contributed by atoms with E-state index in [9.17, 15) is 13.2 Å². The molecule has 0 unspecified atom stereocenters. The molecule has 0 atom stereocenters. The van der Waals surface area contributed by atoms with Crippen LogP contribution in [0.15, 0.2) is 30.7 Å². The smallest absolute Gasteiger partial charge is 0.408 e. The minimum absolute atomic E-state index is 0.117. The summed E-state index contributed by atoms with van der Waals surface area (Å²) in [5.41, 5.74) is 0.540. The lowest BCUT2D eigenvalue weighted by molar-refractivity contribution is 0.555. The van der Waals surface area contributed by atoms with E-state index in [0.717, 1.165) is 0 Å². The second-order valence-corrected chi connectivity index (χ2v) is 6.12. The van der Waals surface area contributed by atoms with Gasteiger partial charge in [-0.05, 0) is 28.1 Å². The minimum atomic E-state index is -3.85. The second kappa shape index (κ2) is 3.36. The average Bonchev–Trinajstić information content (AvgIpc) is 2.40. The molecule has 15 heavy (non-hydrogen) atoms. The van der Waals surface area contributed by atoms with Gasteiger partial charge in [0, 0.05) is 15.2 Å². The van der Waals surface area contributed by atoms with Crippen molar-refractivity contribution < 1.29 is 12.8 Å². The molecule has 2 aromatic rings. The van der Waals surface area contributed by atoms with Crippen LogP contribution in [0.1, 0.15) is 0 Å². The fourth-order valence-electron chi connectivity index (χ4n) is 1.14. The third-order valence-electron chi connectivity index (χ3n) is 1.74. The summed E-state index contributed by atoms with van der Waals surface area (Å²) in [6.07, 6.45) is 0. The van der Waals surface area contributed by atoms with Crippen molar-refractivity contribution in [1.29, 1.82) is 0 Å². The van der Waals surface area contributed by atoms with Gasteiger partial charge < -0.3 is 4.42 Å². The third kappa shape index (κ3) is 1.95. The molecule has 1 aromatic carbocycles. The standard InChI is InChI=1S/C7H3BrClNO4S/c8-3-1-5-4(10-7(11)14-5)2-6(3)15(9,12)13/h1-2H,(H,10,11). The summed E-state index contributed by atoms with van der Waals surface area (Å²) < 4.78 is 27.2. The molecule has 0 aliphatic carbocycles. The number of rotatable bonds is 1. The molecular formula is C7H3BrClNO4S. The highest BCUT2D eigenvalue weighted by atomic mass is 79.9. The van der Waals surface area contributed by atoms with Crippen LogP contribution < -0.4 is 5.76 Å². The molecule has 0 aliphatic heterocycles. The molecule has 0 saturated carbocycles. The van der Waals surface area contributed by atoms with E-state index < -0.39 is 14.8 Å². The second-order valence-electron chi connectivity index (χ2n) is 2.73. The highest BCUT2D eigenvalue weighted by molar-refractivity contribution is 9.10. The summed E-state index contributed by atoms with van der Waals surface area (Å²) in [4.78, 5) is 13.1. The minimum Gasteiger partial charge on any atom is -0.408 e. The predicted molar refractivity (Wildman–Crippen MR) is 57.6 cm³/mol. The predicted octanol–water partition coefficient (Wildman–Crippen LogP) is 1.81. The Morgan fingerprint density at radius 1 is 1.40 bits per heavy atom. The van der Waals surface area contributed by atoms with Crippen LogP contribution in [-0.4, -0.2) is 13.4 Å². The van der Waals surface area contributed by atoms with E-state index in [1.54, 1.807) is 0 Å². The average molecular weight is 313 g/mol. The molecule has 0 fully saturated rings. The van der Waals surface area contributed by atoms with E-state index in [0.29, 0.717) is 0 Å². The number of oxazole rings is 1. The highest BCUT2D eigenvalue weighted by Crippen LogP contribution is 2.28. The molecule has 5 nitrogen and oxygen atoms in total. The maximum Gasteiger partial charge on any atom is 0.417 e. The van der Waals surface area contributed by atoms with Crippen molar-refractivity contribution in [2.24, 2.45) is 0 Å². The molecule has 0 aliphatic rings. The maximum atomic E-state index is 11.1. The first-order valence-corrected chi connectivity index (χ1v) is 6.75. The zero-order valence-corrected chi connectivity index (χ0v) is 10.1. The van der Waals surface area contributed by atoms with Crippen LogP contribution in [0.25, 0.3) is 11.1 Å². The van der Waals surface area contributed by atoms with Crippen LogP contribution in [0, 0.1) is 0 Å². The zero-order chi connectivity index (χ0) is 11.2. The zero-order valence-electron chi connectivity index (χ0n) is 6.95. The van der Waals surface area contributed by atoms with Crippen molar-refractivity contribution in [3.63, 3.8) is 0 Å². The lowest BCUT2D eigenvalue weighted by atomic mass is 10.3. The van der Waals surface area contributed by atoms with Gasteiger partial charge in [0.15, 0.2) is 5.58 Å². The Morgan fingerprint density at radius 2 is 2.07 bits per heavy atom. The number of aromatic amines is 1. The van der Waals surface area contributed by atoms with E-state index in [1.807, 2.05) is 0 Å². The monoisotopic (exact) mass is 311 g/mol. The number of hydrogen-bond acceptors (Lipinski definition) is 4. The van der Waals surface area contributed by atoms with Crippen LogP contribution in [0.5, 0.6) is 0 Å². The van der Waals surface area contributed by atoms with E-state index in [2.05, 4.69) is 20.9 Å². The van der Waals surface area contributed by atoms with E-state index in [1.165, 1.54) is 12.1 Å². The Kier molecular flexibility index (Phi) is 2.40. The van der Waals surface area contributed by atoms with Gasteiger partial charge in [-0.3, -0.25) is 4.98 Å². The van der Waals surface area contributed by atoms with Gasteiger partial charge in [-0.2, -0.15) is 0 Å². The molecule has 0 spiro atoms. The van der Waals surface area contributed by atoms with Crippen molar-refractivity contribution >= 4 is 46.8 Å². The summed E-state index contributed by atoms with van der Waals surface area (Å²) >= 11 is 3.02. The van der Waals surface area contributed by atoms with Crippen molar-refractivity contribution in [2.75, 3.05) is 0 Å². The lowest BCUT2D eigenvalue weighted by Crippen LogP contribution is -1.94. The van der Waals surface area contributed by atoms with Crippen LogP contribution in [0.3, 0.4) is 0 Å². The van der Waals surface area contributed by atoms with Gasteiger partial charge in [-0.25, -0.2) is 13.2 Å². The largest absolute Gasteiger partial charge is 0.417 e. The van der Waals surface area contributed by atoms with Gasteiger partial charge in [-0.1, -0.05) is 0 Å². The quantitative estimate of drug-likeness (QED) is 0.814. The first-order chi connectivity index (χ1) is 6.88. The number of fused-ring (bicyclic) bond motifs is 1. The number of halogens is 2. The molecule has 1 heterocycles. The highest BCUT2D eigenvalue weighted by Gasteiger charge is 2.17. The number of nitrogens with one attached hydrogen (secondary N) is 1. The summed E-state index contributed by atoms with van der Waals surface area (Å²) in [6.45, 7) is 0. The van der Waals surface area contributed by atoms with E-state index >= 15 is 0 Å². The lowest BCUT2D eigenvalue weighted by Gasteiger charge is -1.98. The Hall–Kier alpha value is -0.790. The molecule has 0 bridgehead atoms. The molecule has 8 heteroatoms. The number of H-pyrrole nitrogens is 1. The summed E-state index contributed by atoms with van der Waals surface area (Å²) in [5.74, 6) is -0.652. The number of benzene rings is 1. The summed E-state index contributed by atoms with van der Waals surface area (Å²) in [7, 11) is 1.34. The first-order valence-electron chi connectivity index (χ1n) is 3.65. The van der Waals surface area contributed by atoms with Gasteiger partial charge in [0.25, 0.3) is 9.05 Å². The molecule has 0 amide bonds. The Bertz CT molecular complexity index is 687. The Labute approximate surface area is 96.6 Å². The molecule has 1 aromatic heterocycles. The van der Waals surface area contributed by atoms with Crippen molar-refractivity contribution in [3.8, 4) is 0 Å². The van der Waals surface area contributed by atoms with Gasteiger partial charge in [0.1, 0.15) is 0 Å². The molecular weight excluding hydrogens is 310 g/mol. The topological polar surface area (TPSA) is 80.1 Å². The van der Waals surface area contributed by atoms with Crippen molar-refractivity contribution in [2.45, 2.75) is 4.90 Å². The molecule has 1 N–H and O–H groups in total. The van der Waals surface area contributed by atoms with Gasteiger partial charge in [0.2, 0.25) is 0 Å². The number of aromatic nitrogens is 1. The Morgan fingerprint density at radius 3 is 2.67 bits per heavy atom. The van der Waals surface area contributed by atoms with Gasteiger partial charge in [-0.15, -0.1) is 0 Å². The number of hydrogen-bond donors (Lipinski definition) is 1. The van der Waals surface area contributed by atoms with Crippen LogP contribution in [-0.2, 0) is 9.05 Å². The van der Waals surface area contributed by atoms with Crippen molar-refractivity contribution in [1.82, 2.24) is 4.98 Å². The maximum absolute atomic E-state index is 11.1. The van der Waals surface area contributed by atoms with Crippen LogP contribution >= 0.6 is 26.6 Å². The third-order valence-corrected chi connectivity index (χ3v) is 4.02. The van der Waals surface area contributed by atoms with Gasteiger partial charge >= 0.3 is 5.76 Å². The van der Waals surface area contributed by atoms with E-state index in [-0.39, 0.29) is 20.5 Å². The SMILES string of the molecule is O=c1[nH]c2cc(S(=O)(=O)Cl)c(Br)cc2o1. The van der Waals surface area contributed by atoms with Gasteiger partial charge in [0.05, 0.1) is 10.4 Å². The Balaban J connectivity index is 2.89. The fraction of sp³-hybridized carbons (Fsp3) is 0. The molecule has 0 saturated heterocycles. The summed E-state index contributed by atoms with van der Waals surface area (Å²) in [6, 6.07) is 2.59. The fourth-order valence-corrected chi connectivity index (χ4v) is 3.31. The van der Waals surface area contributed by atoms with E-state index in [4.69, 9.17) is 15.1 Å². The molecule has 80 valence electrons. The van der Waals surface area contributed by atoms with Crippen LogP contribution in [0.2, 0.25) is 0 Å². The van der Waals surface area contributed by atoms with Crippen LogP contribution in [0.4, 0.5) is 0 Å².